The summed E-state index contributed by atoms with van der Waals surface area (Å²) in [6.45, 7) is 6.85. The summed E-state index contributed by atoms with van der Waals surface area (Å²) in [7, 11) is 0. The van der Waals surface area contributed by atoms with Crippen LogP contribution in [0.3, 0.4) is 0 Å². The van der Waals surface area contributed by atoms with Crippen LogP contribution in [0.1, 0.15) is 41.4 Å². The molecule has 0 saturated carbocycles. The molecule has 1 aliphatic heterocycles. The summed E-state index contributed by atoms with van der Waals surface area (Å²) in [4.78, 5) is 27.1. The van der Waals surface area contributed by atoms with Gasteiger partial charge in [0.1, 0.15) is 5.15 Å². The lowest BCUT2D eigenvalue weighted by atomic mass is 10.1. The molecule has 1 saturated heterocycles. The average Bonchev–Trinajstić information content (AvgIpc) is 3.03. The van der Waals surface area contributed by atoms with Gasteiger partial charge in [0.15, 0.2) is 0 Å². The van der Waals surface area contributed by atoms with E-state index in [0.717, 1.165) is 30.6 Å². The van der Waals surface area contributed by atoms with Gasteiger partial charge in [-0.3, -0.25) is 14.3 Å². The number of aryl methyl sites for hydroxylation is 2. The maximum absolute atomic E-state index is 12.8. The van der Waals surface area contributed by atoms with E-state index in [2.05, 4.69) is 17.3 Å². The number of benzene rings is 1. The molecular formula is C22H27ClN4O3. The van der Waals surface area contributed by atoms with E-state index in [1.807, 2.05) is 6.92 Å². The summed E-state index contributed by atoms with van der Waals surface area (Å²) in [6.07, 6.45) is 5.11. The number of unbranched alkanes of at least 4 members (excludes halogenated alkanes) is 1. The summed E-state index contributed by atoms with van der Waals surface area (Å²) in [6, 6.07) is 7.01. The molecule has 30 heavy (non-hydrogen) atoms. The number of rotatable bonds is 7. The average molecular weight is 431 g/mol. The van der Waals surface area contributed by atoms with Crippen molar-refractivity contribution >= 4 is 35.2 Å². The van der Waals surface area contributed by atoms with Crippen LogP contribution in [-0.2, 0) is 16.1 Å². The van der Waals surface area contributed by atoms with Crippen molar-refractivity contribution in [1.29, 1.82) is 0 Å². The van der Waals surface area contributed by atoms with Crippen LogP contribution in [0.15, 0.2) is 30.3 Å². The summed E-state index contributed by atoms with van der Waals surface area (Å²) < 4.78 is 7.06. The summed E-state index contributed by atoms with van der Waals surface area (Å²) in [5.41, 5.74) is 2.43. The predicted molar refractivity (Wildman–Crippen MR) is 118 cm³/mol. The molecule has 1 aromatic carbocycles. The summed E-state index contributed by atoms with van der Waals surface area (Å²) >= 11 is 6.42. The number of anilines is 1. The van der Waals surface area contributed by atoms with Gasteiger partial charge in [-0.05, 0) is 31.6 Å². The highest BCUT2D eigenvalue weighted by Crippen LogP contribution is 2.22. The molecule has 2 aromatic rings. The summed E-state index contributed by atoms with van der Waals surface area (Å²) in [5, 5.41) is 7.77. The topological polar surface area (TPSA) is 76.5 Å². The van der Waals surface area contributed by atoms with E-state index in [1.54, 1.807) is 39.9 Å². The second-order valence-electron chi connectivity index (χ2n) is 7.14. The molecule has 1 aliphatic rings. The quantitative estimate of drug-likeness (QED) is 0.678. The van der Waals surface area contributed by atoms with E-state index in [-0.39, 0.29) is 11.8 Å². The van der Waals surface area contributed by atoms with Gasteiger partial charge < -0.3 is 15.0 Å². The zero-order valence-electron chi connectivity index (χ0n) is 17.4. The van der Waals surface area contributed by atoms with Gasteiger partial charge in [0.2, 0.25) is 5.91 Å². The standard InChI is InChI=1S/C22H27ClN4O3/c1-3-4-11-27-21(23)17(16(2)25-27)9-10-20(28)24-19-8-6-5-7-18(19)22(29)26-12-14-30-15-13-26/h5-10H,3-4,11-15H2,1-2H3,(H,24,28)/b10-9+. The minimum atomic E-state index is -0.339. The van der Waals surface area contributed by atoms with Crippen LogP contribution in [0.25, 0.3) is 6.08 Å². The molecule has 0 unspecified atom stereocenters. The van der Waals surface area contributed by atoms with Gasteiger partial charge in [-0.2, -0.15) is 5.10 Å². The number of amides is 2. The fourth-order valence-corrected chi connectivity index (χ4v) is 3.58. The highest BCUT2D eigenvalue weighted by molar-refractivity contribution is 6.31. The third kappa shape index (κ3) is 5.29. The molecular weight excluding hydrogens is 404 g/mol. The summed E-state index contributed by atoms with van der Waals surface area (Å²) in [5.74, 6) is -0.455. The molecule has 0 spiro atoms. The molecule has 0 atom stereocenters. The van der Waals surface area contributed by atoms with Crippen LogP contribution in [0, 0.1) is 6.92 Å². The van der Waals surface area contributed by atoms with Gasteiger partial charge >= 0.3 is 0 Å². The van der Waals surface area contributed by atoms with Crippen molar-refractivity contribution in [3.63, 3.8) is 0 Å². The Kier molecular flexibility index (Phi) is 7.65. The number of para-hydroxylation sites is 1. The molecule has 160 valence electrons. The van der Waals surface area contributed by atoms with Gasteiger partial charge in [-0.25, -0.2) is 0 Å². The highest BCUT2D eigenvalue weighted by atomic mass is 35.5. The Balaban J connectivity index is 1.71. The molecule has 3 rings (SSSR count). The van der Waals surface area contributed by atoms with Crippen molar-refractivity contribution < 1.29 is 14.3 Å². The minimum absolute atomic E-state index is 0.116. The molecule has 0 aliphatic carbocycles. The third-order valence-corrected chi connectivity index (χ3v) is 5.35. The van der Waals surface area contributed by atoms with E-state index in [4.69, 9.17) is 16.3 Å². The fraction of sp³-hybridized carbons (Fsp3) is 0.409. The smallest absolute Gasteiger partial charge is 0.256 e. The number of nitrogens with zero attached hydrogens (tertiary/aromatic N) is 3. The van der Waals surface area contributed by atoms with Crippen LogP contribution >= 0.6 is 11.6 Å². The number of carbonyl (C=O) groups is 2. The van der Waals surface area contributed by atoms with E-state index in [1.165, 1.54) is 6.08 Å². The monoisotopic (exact) mass is 430 g/mol. The van der Waals surface area contributed by atoms with Gasteiger partial charge in [-0.15, -0.1) is 0 Å². The Morgan fingerprint density at radius 3 is 2.73 bits per heavy atom. The van der Waals surface area contributed by atoms with Crippen LogP contribution in [-0.4, -0.2) is 52.8 Å². The molecule has 2 amide bonds. The molecule has 1 aromatic heterocycles. The maximum atomic E-state index is 12.8. The Bertz CT molecular complexity index is 932. The highest BCUT2D eigenvalue weighted by Gasteiger charge is 2.21. The van der Waals surface area contributed by atoms with E-state index < -0.39 is 0 Å². The Labute approximate surface area is 181 Å². The lowest BCUT2D eigenvalue weighted by Gasteiger charge is -2.27. The number of carbonyl (C=O) groups excluding carboxylic acids is 2. The second-order valence-corrected chi connectivity index (χ2v) is 7.50. The van der Waals surface area contributed by atoms with Crippen LogP contribution < -0.4 is 5.32 Å². The van der Waals surface area contributed by atoms with Gasteiger partial charge in [0.05, 0.1) is 30.2 Å². The number of ether oxygens (including phenoxy) is 1. The number of hydrogen-bond acceptors (Lipinski definition) is 4. The largest absolute Gasteiger partial charge is 0.378 e. The molecule has 7 nitrogen and oxygen atoms in total. The molecule has 2 heterocycles. The van der Waals surface area contributed by atoms with Crippen molar-refractivity contribution in [3.05, 3.63) is 52.3 Å². The number of aromatic nitrogens is 2. The maximum Gasteiger partial charge on any atom is 0.256 e. The van der Waals surface area contributed by atoms with Gasteiger partial charge in [0, 0.05) is 31.3 Å². The van der Waals surface area contributed by atoms with Crippen molar-refractivity contribution in [2.45, 2.75) is 33.2 Å². The Morgan fingerprint density at radius 1 is 1.27 bits per heavy atom. The third-order valence-electron chi connectivity index (χ3n) is 4.95. The molecule has 0 bridgehead atoms. The van der Waals surface area contributed by atoms with E-state index in [9.17, 15) is 9.59 Å². The SMILES string of the molecule is CCCCn1nc(C)c(/C=C/C(=O)Nc2ccccc2C(=O)N2CCOCC2)c1Cl. The molecule has 8 heteroatoms. The first-order valence-electron chi connectivity index (χ1n) is 10.2. The first-order valence-corrected chi connectivity index (χ1v) is 10.6. The van der Waals surface area contributed by atoms with Crippen molar-refractivity contribution in [3.8, 4) is 0 Å². The Morgan fingerprint density at radius 2 is 2.00 bits per heavy atom. The van der Waals surface area contributed by atoms with E-state index >= 15 is 0 Å². The first-order chi connectivity index (χ1) is 14.5. The number of halogens is 1. The van der Waals surface area contributed by atoms with Crippen molar-refractivity contribution in [2.24, 2.45) is 0 Å². The lowest BCUT2D eigenvalue weighted by Crippen LogP contribution is -2.41. The number of morpholine rings is 1. The fourth-order valence-electron chi connectivity index (χ4n) is 3.26. The minimum Gasteiger partial charge on any atom is -0.378 e. The molecule has 0 radical (unpaired) electrons. The van der Waals surface area contributed by atoms with Gasteiger partial charge in [-0.1, -0.05) is 37.1 Å². The second kappa shape index (κ2) is 10.4. The molecule has 1 N–H and O–H groups in total. The lowest BCUT2D eigenvalue weighted by molar-refractivity contribution is -0.111. The van der Waals surface area contributed by atoms with E-state index in [0.29, 0.717) is 42.7 Å². The number of hydrogen-bond donors (Lipinski definition) is 1. The van der Waals surface area contributed by atoms with Crippen LogP contribution in [0.4, 0.5) is 5.69 Å². The zero-order valence-corrected chi connectivity index (χ0v) is 18.1. The van der Waals surface area contributed by atoms with Crippen molar-refractivity contribution in [2.75, 3.05) is 31.6 Å². The first kappa shape index (κ1) is 22.1. The van der Waals surface area contributed by atoms with Crippen LogP contribution in [0.5, 0.6) is 0 Å². The zero-order chi connectivity index (χ0) is 21.5. The predicted octanol–water partition coefficient (Wildman–Crippen LogP) is 3.77. The van der Waals surface area contributed by atoms with Gasteiger partial charge in [0.25, 0.3) is 5.91 Å². The normalized spacial score (nSPS) is 14.3. The number of nitrogens with one attached hydrogen (secondary N) is 1. The molecule has 1 fully saturated rings. The Hall–Kier alpha value is -2.64. The van der Waals surface area contributed by atoms with Crippen molar-refractivity contribution in [1.82, 2.24) is 14.7 Å². The van der Waals surface area contributed by atoms with Crippen LogP contribution in [0.2, 0.25) is 5.15 Å².